The van der Waals surface area contributed by atoms with Crippen molar-refractivity contribution in [1.29, 1.82) is 0 Å². The molecule has 2 aromatic rings. The second-order valence-electron chi connectivity index (χ2n) is 3.60. The molecule has 1 amide bonds. The number of thiophene rings is 1. The van der Waals surface area contributed by atoms with Crippen LogP contribution < -0.4 is 5.32 Å². The Hall–Kier alpha value is -1.87. The predicted octanol–water partition coefficient (Wildman–Crippen LogP) is 1.86. The number of carboxylic acids is 1. The Morgan fingerprint density at radius 3 is 2.79 bits per heavy atom. The quantitative estimate of drug-likeness (QED) is 0.894. The molecule has 9 heteroatoms. The Morgan fingerprint density at radius 2 is 2.26 bits per heavy atom. The van der Waals surface area contributed by atoms with Gasteiger partial charge in [-0.1, -0.05) is 5.21 Å². The molecule has 0 aliphatic carbocycles. The maximum Gasteiger partial charge on any atom is 0.339 e. The van der Waals surface area contributed by atoms with Crippen LogP contribution in [0.1, 0.15) is 22.8 Å². The fourth-order valence-corrected chi connectivity index (χ4v) is 3.62. The third-order valence-electron chi connectivity index (χ3n) is 2.18. The standard InChI is InChI=1S/C10H10N4O3S2/c1-5-7(9(16)17)8(12-6(2)15)18-10(5)19-14-4-3-11-13-14/h3-4H,1-2H3,(H,12,15)(H,16,17). The molecule has 0 aliphatic rings. The molecule has 0 aromatic carbocycles. The van der Waals surface area contributed by atoms with Gasteiger partial charge >= 0.3 is 5.97 Å². The molecule has 100 valence electrons. The van der Waals surface area contributed by atoms with Crippen LogP contribution >= 0.6 is 23.3 Å². The van der Waals surface area contributed by atoms with Gasteiger partial charge in [-0.2, -0.15) is 4.09 Å². The fourth-order valence-electron chi connectivity index (χ4n) is 1.42. The zero-order valence-electron chi connectivity index (χ0n) is 10.1. The maximum absolute atomic E-state index is 11.3. The van der Waals surface area contributed by atoms with Crippen LogP contribution in [0.4, 0.5) is 5.00 Å². The molecule has 0 bridgehead atoms. The molecular weight excluding hydrogens is 288 g/mol. The Morgan fingerprint density at radius 1 is 1.53 bits per heavy atom. The van der Waals surface area contributed by atoms with Gasteiger partial charge in [0.1, 0.15) is 5.00 Å². The summed E-state index contributed by atoms with van der Waals surface area (Å²) < 4.78 is 2.26. The van der Waals surface area contributed by atoms with E-state index in [-0.39, 0.29) is 11.5 Å². The van der Waals surface area contributed by atoms with Crippen molar-refractivity contribution in [3.05, 3.63) is 23.5 Å². The van der Waals surface area contributed by atoms with Gasteiger partial charge in [-0.15, -0.1) is 16.4 Å². The number of aromatic nitrogens is 3. The number of rotatable bonds is 4. The summed E-state index contributed by atoms with van der Waals surface area (Å²) >= 11 is 2.45. The Kier molecular flexibility index (Phi) is 3.86. The SMILES string of the molecule is CC(=O)Nc1sc(Sn2ccnn2)c(C)c1C(=O)O. The monoisotopic (exact) mass is 298 g/mol. The molecular formula is C10H10N4O3S2. The molecule has 0 radical (unpaired) electrons. The molecule has 7 nitrogen and oxygen atoms in total. The van der Waals surface area contributed by atoms with Crippen molar-refractivity contribution in [3.8, 4) is 0 Å². The number of nitrogens with zero attached hydrogens (tertiary/aromatic N) is 3. The minimum atomic E-state index is -1.07. The van der Waals surface area contributed by atoms with E-state index in [1.807, 2.05) is 0 Å². The number of aromatic carboxylic acids is 1. The zero-order valence-corrected chi connectivity index (χ0v) is 11.7. The number of carboxylic acid groups (broad SMARTS) is 1. The van der Waals surface area contributed by atoms with Crippen LogP contribution in [0, 0.1) is 6.92 Å². The number of amides is 1. The average molecular weight is 298 g/mol. The van der Waals surface area contributed by atoms with Gasteiger partial charge in [0.25, 0.3) is 0 Å². The number of carbonyl (C=O) groups excluding carboxylic acids is 1. The van der Waals surface area contributed by atoms with Gasteiger partial charge in [0.2, 0.25) is 5.91 Å². The summed E-state index contributed by atoms with van der Waals surface area (Å²) in [4.78, 5) is 22.3. The van der Waals surface area contributed by atoms with Gasteiger partial charge < -0.3 is 10.4 Å². The van der Waals surface area contributed by atoms with Crippen molar-refractivity contribution in [3.63, 3.8) is 0 Å². The second kappa shape index (κ2) is 5.41. The summed E-state index contributed by atoms with van der Waals surface area (Å²) in [5.41, 5.74) is 0.713. The van der Waals surface area contributed by atoms with Crippen molar-refractivity contribution in [1.82, 2.24) is 14.4 Å². The summed E-state index contributed by atoms with van der Waals surface area (Å²) in [5, 5.41) is 19.5. The predicted molar refractivity (Wildman–Crippen MR) is 71.6 cm³/mol. The van der Waals surface area contributed by atoms with E-state index in [0.717, 1.165) is 4.21 Å². The molecule has 2 rings (SSSR count). The van der Waals surface area contributed by atoms with Gasteiger partial charge in [0.05, 0.1) is 22.2 Å². The van der Waals surface area contributed by atoms with Crippen LogP contribution in [-0.2, 0) is 4.79 Å². The molecule has 0 atom stereocenters. The number of hydrogen-bond donors (Lipinski definition) is 2. The van der Waals surface area contributed by atoms with Crippen molar-refractivity contribution in [2.45, 2.75) is 18.1 Å². The minimum Gasteiger partial charge on any atom is -0.478 e. The second-order valence-corrected chi connectivity index (χ2v) is 5.85. The first kappa shape index (κ1) is 13.6. The highest BCUT2D eigenvalue weighted by atomic mass is 32.2. The maximum atomic E-state index is 11.3. The minimum absolute atomic E-state index is 0.114. The average Bonchev–Trinajstić information content (AvgIpc) is 2.88. The first-order valence-corrected chi connectivity index (χ1v) is 6.77. The van der Waals surface area contributed by atoms with E-state index in [9.17, 15) is 14.7 Å². The van der Waals surface area contributed by atoms with Gasteiger partial charge in [-0.3, -0.25) is 4.79 Å². The highest BCUT2D eigenvalue weighted by molar-refractivity contribution is 7.99. The van der Waals surface area contributed by atoms with E-state index < -0.39 is 5.97 Å². The lowest BCUT2D eigenvalue weighted by Gasteiger charge is -2.00. The van der Waals surface area contributed by atoms with E-state index in [0.29, 0.717) is 10.6 Å². The van der Waals surface area contributed by atoms with Crippen molar-refractivity contribution >= 4 is 40.2 Å². The molecule has 0 fully saturated rings. The number of anilines is 1. The van der Waals surface area contributed by atoms with Crippen LogP contribution in [0.15, 0.2) is 16.6 Å². The van der Waals surface area contributed by atoms with Crippen LogP contribution in [0.2, 0.25) is 0 Å². The number of hydrogen-bond acceptors (Lipinski definition) is 6. The first-order chi connectivity index (χ1) is 8.99. The molecule has 2 aromatic heterocycles. The van der Waals surface area contributed by atoms with Crippen LogP contribution in [-0.4, -0.2) is 31.4 Å². The highest BCUT2D eigenvalue weighted by Gasteiger charge is 2.22. The van der Waals surface area contributed by atoms with Crippen molar-refractivity contribution in [2.75, 3.05) is 5.32 Å². The molecule has 0 aliphatic heterocycles. The van der Waals surface area contributed by atoms with E-state index in [1.165, 1.54) is 40.5 Å². The van der Waals surface area contributed by atoms with E-state index in [2.05, 4.69) is 15.6 Å². The molecule has 0 saturated heterocycles. The molecule has 0 unspecified atom stereocenters. The lowest BCUT2D eigenvalue weighted by Crippen LogP contribution is -2.08. The van der Waals surface area contributed by atoms with Crippen LogP contribution in [0.25, 0.3) is 0 Å². The number of nitrogens with one attached hydrogen (secondary N) is 1. The molecule has 0 saturated carbocycles. The largest absolute Gasteiger partial charge is 0.478 e. The summed E-state index contributed by atoms with van der Waals surface area (Å²) in [7, 11) is 0. The number of carbonyl (C=O) groups is 2. The summed E-state index contributed by atoms with van der Waals surface area (Å²) in [6, 6.07) is 0. The van der Waals surface area contributed by atoms with Gasteiger partial charge in [0, 0.05) is 18.9 Å². The topological polar surface area (TPSA) is 97.1 Å². The Bertz CT molecular complexity index is 621. The van der Waals surface area contributed by atoms with Gasteiger partial charge in [-0.25, -0.2) is 4.79 Å². The molecule has 0 spiro atoms. The third-order valence-corrected chi connectivity index (χ3v) is 4.51. The van der Waals surface area contributed by atoms with Crippen LogP contribution in [0.3, 0.4) is 0 Å². The van der Waals surface area contributed by atoms with Crippen molar-refractivity contribution in [2.24, 2.45) is 0 Å². The van der Waals surface area contributed by atoms with Crippen LogP contribution in [0.5, 0.6) is 0 Å². The zero-order chi connectivity index (χ0) is 14.0. The first-order valence-electron chi connectivity index (χ1n) is 5.18. The summed E-state index contributed by atoms with van der Waals surface area (Å²) in [5.74, 6) is -1.37. The Balaban J connectivity index is 2.39. The molecule has 19 heavy (non-hydrogen) atoms. The van der Waals surface area contributed by atoms with E-state index in [4.69, 9.17) is 0 Å². The Labute approximate surface area is 116 Å². The molecule has 2 heterocycles. The van der Waals surface area contributed by atoms with Gasteiger partial charge in [-0.05, 0) is 12.5 Å². The molecule has 2 N–H and O–H groups in total. The lowest BCUT2D eigenvalue weighted by atomic mass is 10.2. The fraction of sp³-hybridized carbons (Fsp3) is 0.200. The smallest absolute Gasteiger partial charge is 0.339 e. The van der Waals surface area contributed by atoms with Crippen molar-refractivity contribution < 1.29 is 14.7 Å². The highest BCUT2D eigenvalue weighted by Crippen LogP contribution is 2.39. The summed E-state index contributed by atoms with van der Waals surface area (Å²) in [6.45, 7) is 3.04. The summed E-state index contributed by atoms with van der Waals surface area (Å²) in [6.07, 6.45) is 3.19. The van der Waals surface area contributed by atoms with E-state index >= 15 is 0 Å². The van der Waals surface area contributed by atoms with Gasteiger partial charge in [0.15, 0.2) is 0 Å². The lowest BCUT2D eigenvalue weighted by molar-refractivity contribution is -0.114. The van der Waals surface area contributed by atoms with E-state index in [1.54, 1.807) is 13.1 Å². The third kappa shape index (κ3) is 2.93. The normalized spacial score (nSPS) is 10.4.